The van der Waals surface area contributed by atoms with E-state index in [1.165, 1.54) is 0 Å². The summed E-state index contributed by atoms with van der Waals surface area (Å²) < 4.78 is 0. The first kappa shape index (κ1) is 13.6. The van der Waals surface area contributed by atoms with Gasteiger partial charge >= 0.3 is 0 Å². The van der Waals surface area contributed by atoms with Gasteiger partial charge in [0.15, 0.2) is 0 Å². The molecule has 0 fully saturated rings. The quantitative estimate of drug-likeness (QED) is 0.721. The summed E-state index contributed by atoms with van der Waals surface area (Å²) in [7, 11) is 0. The Hall–Kier alpha value is -0.480. The highest BCUT2D eigenvalue weighted by Crippen LogP contribution is 2.19. The maximum Gasteiger partial charge on any atom is 0.223 e. The van der Waals surface area contributed by atoms with Gasteiger partial charge in [0.1, 0.15) is 0 Å². The number of aliphatic hydroxyl groups excluding tert-OH is 1. The lowest BCUT2D eigenvalue weighted by Gasteiger charge is -2.24. The summed E-state index contributed by atoms with van der Waals surface area (Å²) in [5, 5.41) is 12.2. The van der Waals surface area contributed by atoms with Crippen LogP contribution in [0, 0.1) is 5.92 Å². The number of carbonyl (C=O) groups is 1. The smallest absolute Gasteiger partial charge is 0.223 e. The molecule has 3 unspecified atom stereocenters. The molecule has 1 amide bonds. The van der Waals surface area contributed by atoms with Gasteiger partial charge in [-0.2, -0.15) is 11.8 Å². The van der Waals surface area contributed by atoms with Gasteiger partial charge in [0.05, 0.1) is 6.61 Å². The molecule has 0 saturated carbocycles. The third kappa shape index (κ3) is 3.83. The van der Waals surface area contributed by atoms with E-state index in [-0.39, 0.29) is 29.7 Å². The summed E-state index contributed by atoms with van der Waals surface area (Å²) in [5.74, 6) is 0.248. The molecule has 0 aromatic rings. The molecule has 2 N–H and O–H groups in total. The van der Waals surface area contributed by atoms with E-state index in [2.05, 4.69) is 17.5 Å². The van der Waals surface area contributed by atoms with Crippen LogP contribution >= 0.6 is 11.8 Å². The number of aliphatic hydroxyl groups is 1. The Morgan fingerprint density at radius 2 is 2.38 bits per heavy atom. The topological polar surface area (TPSA) is 49.3 Å². The van der Waals surface area contributed by atoms with Crippen LogP contribution < -0.4 is 5.32 Å². The fourth-order valence-corrected chi connectivity index (χ4v) is 2.53. The highest BCUT2D eigenvalue weighted by molar-refractivity contribution is 7.99. The van der Waals surface area contributed by atoms with Crippen molar-refractivity contribution in [2.75, 3.05) is 12.9 Å². The Kier molecular flexibility index (Phi) is 5.91. The van der Waals surface area contributed by atoms with Crippen molar-refractivity contribution in [1.29, 1.82) is 0 Å². The molecule has 3 atom stereocenters. The zero-order valence-corrected chi connectivity index (χ0v) is 10.8. The molecule has 0 heterocycles. The van der Waals surface area contributed by atoms with Crippen LogP contribution in [0.15, 0.2) is 12.2 Å². The van der Waals surface area contributed by atoms with Crippen molar-refractivity contribution in [3.8, 4) is 0 Å². The molecule has 0 aliphatic heterocycles. The fraction of sp³-hybridized carbons (Fsp3) is 0.750. The number of rotatable bonds is 5. The van der Waals surface area contributed by atoms with Crippen LogP contribution in [0.1, 0.15) is 26.2 Å². The van der Waals surface area contributed by atoms with Gasteiger partial charge in [0.2, 0.25) is 5.91 Å². The lowest BCUT2D eigenvalue weighted by Crippen LogP contribution is -2.44. The lowest BCUT2D eigenvalue weighted by molar-refractivity contribution is -0.125. The van der Waals surface area contributed by atoms with Crippen LogP contribution in [-0.4, -0.2) is 35.2 Å². The summed E-state index contributed by atoms with van der Waals surface area (Å²) in [4.78, 5) is 11.9. The molecule has 0 aromatic heterocycles. The van der Waals surface area contributed by atoms with Gasteiger partial charge in [-0.05, 0) is 32.4 Å². The number of nitrogens with one attached hydrogen (secondary N) is 1. The number of thioether (sulfide) groups is 1. The molecule has 92 valence electrons. The van der Waals surface area contributed by atoms with Gasteiger partial charge in [-0.1, -0.05) is 12.2 Å². The summed E-state index contributed by atoms with van der Waals surface area (Å²) in [6, 6.07) is 0.0263. The van der Waals surface area contributed by atoms with Crippen LogP contribution in [-0.2, 0) is 4.79 Å². The Morgan fingerprint density at radius 3 is 2.88 bits per heavy atom. The minimum atomic E-state index is 0.0263. The largest absolute Gasteiger partial charge is 0.395 e. The number of carbonyl (C=O) groups excluding carboxylic acids is 1. The van der Waals surface area contributed by atoms with Crippen molar-refractivity contribution >= 4 is 17.7 Å². The first-order chi connectivity index (χ1) is 7.69. The molecule has 16 heavy (non-hydrogen) atoms. The fourth-order valence-electron chi connectivity index (χ4n) is 1.90. The van der Waals surface area contributed by atoms with Crippen molar-refractivity contribution in [3.63, 3.8) is 0 Å². The van der Waals surface area contributed by atoms with Gasteiger partial charge < -0.3 is 10.4 Å². The highest BCUT2D eigenvalue weighted by Gasteiger charge is 2.23. The van der Waals surface area contributed by atoms with E-state index in [0.717, 1.165) is 19.3 Å². The molecule has 0 aromatic carbocycles. The van der Waals surface area contributed by atoms with Gasteiger partial charge in [-0.3, -0.25) is 4.79 Å². The molecule has 1 aliphatic carbocycles. The van der Waals surface area contributed by atoms with Crippen LogP contribution in [0.5, 0.6) is 0 Å². The van der Waals surface area contributed by atoms with E-state index >= 15 is 0 Å². The molecule has 0 spiro atoms. The SMILES string of the molecule is CSC(CO)C(C)NC(=O)C1CC=CCC1. The number of allylic oxidation sites excluding steroid dienone is 2. The molecular weight excluding hydrogens is 222 g/mol. The van der Waals surface area contributed by atoms with Gasteiger partial charge in [0.25, 0.3) is 0 Å². The Morgan fingerprint density at radius 1 is 1.62 bits per heavy atom. The molecule has 0 saturated heterocycles. The van der Waals surface area contributed by atoms with E-state index < -0.39 is 0 Å². The van der Waals surface area contributed by atoms with E-state index in [9.17, 15) is 4.79 Å². The second-order valence-electron chi connectivity index (χ2n) is 4.24. The number of amides is 1. The van der Waals surface area contributed by atoms with Gasteiger partial charge in [-0.25, -0.2) is 0 Å². The number of hydrogen-bond donors (Lipinski definition) is 2. The Labute approximate surface area is 102 Å². The Bertz CT molecular complexity index is 251. The summed E-state index contributed by atoms with van der Waals surface area (Å²) >= 11 is 1.59. The maximum atomic E-state index is 11.9. The summed E-state index contributed by atoms with van der Waals surface area (Å²) in [6.45, 7) is 2.06. The minimum absolute atomic E-state index is 0.0263. The van der Waals surface area contributed by atoms with Gasteiger partial charge in [0, 0.05) is 17.2 Å². The maximum absolute atomic E-state index is 11.9. The highest BCUT2D eigenvalue weighted by atomic mass is 32.2. The van der Waals surface area contributed by atoms with Crippen molar-refractivity contribution in [1.82, 2.24) is 5.32 Å². The molecule has 1 rings (SSSR count). The standard InChI is InChI=1S/C12H21NO2S/c1-9(11(8-14)16-2)13-12(15)10-6-4-3-5-7-10/h3-4,9-11,14H,5-8H2,1-2H3,(H,13,15). The van der Waals surface area contributed by atoms with E-state index in [0.29, 0.717) is 0 Å². The third-order valence-corrected chi connectivity index (χ3v) is 4.21. The molecule has 1 aliphatic rings. The first-order valence-electron chi connectivity index (χ1n) is 5.78. The minimum Gasteiger partial charge on any atom is -0.395 e. The van der Waals surface area contributed by atoms with Crippen LogP contribution in [0.4, 0.5) is 0 Å². The molecule has 0 bridgehead atoms. The summed E-state index contributed by atoms with van der Waals surface area (Å²) in [6.07, 6.45) is 8.95. The van der Waals surface area contributed by atoms with Crippen LogP contribution in [0.3, 0.4) is 0 Å². The summed E-state index contributed by atoms with van der Waals surface area (Å²) in [5.41, 5.74) is 0. The van der Waals surface area contributed by atoms with Crippen LogP contribution in [0.2, 0.25) is 0 Å². The normalized spacial score (nSPS) is 23.8. The average Bonchev–Trinajstić information content (AvgIpc) is 2.31. The lowest BCUT2D eigenvalue weighted by atomic mass is 9.93. The van der Waals surface area contributed by atoms with Crippen LogP contribution in [0.25, 0.3) is 0 Å². The van der Waals surface area contributed by atoms with Crippen molar-refractivity contribution in [3.05, 3.63) is 12.2 Å². The molecule has 4 heteroatoms. The predicted molar refractivity (Wildman–Crippen MR) is 68.5 cm³/mol. The average molecular weight is 243 g/mol. The predicted octanol–water partition coefficient (Wildman–Crippen LogP) is 1.57. The monoisotopic (exact) mass is 243 g/mol. The molecular formula is C12H21NO2S. The van der Waals surface area contributed by atoms with Crippen molar-refractivity contribution in [2.45, 2.75) is 37.5 Å². The van der Waals surface area contributed by atoms with Crippen molar-refractivity contribution in [2.24, 2.45) is 5.92 Å². The zero-order valence-electron chi connectivity index (χ0n) is 9.98. The molecule has 3 nitrogen and oxygen atoms in total. The third-order valence-electron chi connectivity index (χ3n) is 3.05. The number of hydrogen-bond acceptors (Lipinski definition) is 3. The van der Waals surface area contributed by atoms with Crippen molar-refractivity contribution < 1.29 is 9.90 Å². The van der Waals surface area contributed by atoms with E-state index in [1.54, 1.807) is 11.8 Å². The second-order valence-corrected chi connectivity index (χ2v) is 5.31. The second kappa shape index (κ2) is 6.97. The Balaban J connectivity index is 2.40. The first-order valence-corrected chi connectivity index (χ1v) is 7.06. The van der Waals surface area contributed by atoms with E-state index in [1.807, 2.05) is 13.2 Å². The molecule has 0 radical (unpaired) electrons. The van der Waals surface area contributed by atoms with E-state index in [4.69, 9.17) is 5.11 Å². The zero-order chi connectivity index (χ0) is 12.0. The van der Waals surface area contributed by atoms with Gasteiger partial charge in [-0.15, -0.1) is 0 Å².